The van der Waals surface area contributed by atoms with Crippen molar-refractivity contribution in [2.75, 3.05) is 13.7 Å². The van der Waals surface area contributed by atoms with Gasteiger partial charge in [-0.05, 0) is 60.7 Å². The molecule has 172 valence electrons. The molecule has 1 N–H and O–H groups in total. The van der Waals surface area contributed by atoms with E-state index < -0.39 is 28.6 Å². The number of nitrogens with zero attached hydrogens (tertiary/aromatic N) is 1. The van der Waals surface area contributed by atoms with Gasteiger partial charge >= 0.3 is 5.97 Å². The molecular weight excluding hydrogens is 438 g/mol. The SMILES string of the molecule is COc1ccc2c(c1)[C@@H](c1ccccc1)[C@H](N(CC(=O)O)S(=O)(=O)c1ccc(C)cc1)CC2. The molecule has 33 heavy (non-hydrogen) atoms. The van der Waals surface area contributed by atoms with Crippen molar-refractivity contribution >= 4 is 16.0 Å². The maximum absolute atomic E-state index is 13.7. The second-order valence-electron chi connectivity index (χ2n) is 8.32. The number of aryl methyl sites for hydroxylation is 2. The van der Waals surface area contributed by atoms with Crippen LogP contribution in [0.25, 0.3) is 0 Å². The summed E-state index contributed by atoms with van der Waals surface area (Å²) in [5.74, 6) is -0.833. The van der Waals surface area contributed by atoms with Crippen molar-refractivity contribution in [1.82, 2.24) is 4.31 Å². The molecule has 0 unspecified atom stereocenters. The van der Waals surface area contributed by atoms with Gasteiger partial charge in [-0.3, -0.25) is 4.79 Å². The summed E-state index contributed by atoms with van der Waals surface area (Å²) in [4.78, 5) is 11.9. The number of carboxylic acid groups (broad SMARTS) is 1. The Kier molecular flexibility index (Phi) is 6.54. The van der Waals surface area contributed by atoms with Crippen LogP contribution in [0.2, 0.25) is 0 Å². The standard InChI is InChI=1S/C26H27NO5S/c1-18-8-13-22(14-9-18)33(30,31)27(17-25(28)29)24-15-11-19-10-12-21(32-2)16-23(19)26(24)20-6-4-3-5-7-20/h3-10,12-14,16,24,26H,11,15,17H2,1-2H3,(H,28,29)/t24-,26-/m1/s1. The zero-order valence-corrected chi connectivity index (χ0v) is 19.5. The highest BCUT2D eigenvalue weighted by Gasteiger charge is 2.41. The first-order chi connectivity index (χ1) is 15.8. The summed E-state index contributed by atoms with van der Waals surface area (Å²) >= 11 is 0. The second-order valence-corrected chi connectivity index (χ2v) is 10.2. The molecule has 1 aliphatic carbocycles. The maximum Gasteiger partial charge on any atom is 0.318 e. The van der Waals surface area contributed by atoms with Crippen molar-refractivity contribution < 1.29 is 23.1 Å². The average molecular weight is 466 g/mol. The zero-order valence-electron chi connectivity index (χ0n) is 18.6. The first-order valence-corrected chi connectivity index (χ1v) is 12.3. The van der Waals surface area contributed by atoms with E-state index in [9.17, 15) is 18.3 Å². The van der Waals surface area contributed by atoms with E-state index in [0.717, 1.165) is 22.3 Å². The monoisotopic (exact) mass is 465 g/mol. The highest BCUT2D eigenvalue weighted by atomic mass is 32.2. The van der Waals surface area contributed by atoms with Crippen molar-refractivity contribution in [3.8, 4) is 5.75 Å². The molecule has 0 fully saturated rings. The smallest absolute Gasteiger partial charge is 0.318 e. The van der Waals surface area contributed by atoms with Crippen LogP contribution in [0.3, 0.4) is 0 Å². The lowest BCUT2D eigenvalue weighted by atomic mass is 9.75. The van der Waals surface area contributed by atoms with Crippen LogP contribution >= 0.6 is 0 Å². The maximum atomic E-state index is 13.7. The summed E-state index contributed by atoms with van der Waals surface area (Å²) < 4.78 is 34.1. The Labute approximate surface area is 194 Å². The molecule has 0 radical (unpaired) electrons. The van der Waals surface area contributed by atoms with Gasteiger partial charge in [0.2, 0.25) is 10.0 Å². The average Bonchev–Trinajstić information content (AvgIpc) is 2.82. The minimum absolute atomic E-state index is 0.0950. The van der Waals surface area contributed by atoms with E-state index in [1.807, 2.05) is 55.5 Å². The Morgan fingerprint density at radius 3 is 2.39 bits per heavy atom. The molecule has 6 nitrogen and oxygen atoms in total. The van der Waals surface area contributed by atoms with Crippen LogP contribution in [-0.4, -0.2) is 43.5 Å². The molecule has 7 heteroatoms. The van der Waals surface area contributed by atoms with Crippen LogP contribution in [0.5, 0.6) is 5.75 Å². The van der Waals surface area contributed by atoms with Gasteiger partial charge in [-0.1, -0.05) is 54.1 Å². The number of fused-ring (bicyclic) bond motifs is 1. The Bertz CT molecular complexity index is 1240. The number of hydrogen-bond donors (Lipinski definition) is 1. The van der Waals surface area contributed by atoms with Crippen LogP contribution in [0.1, 0.15) is 34.6 Å². The Morgan fingerprint density at radius 2 is 1.76 bits per heavy atom. The minimum atomic E-state index is -4.05. The van der Waals surface area contributed by atoms with Gasteiger partial charge in [-0.2, -0.15) is 4.31 Å². The molecule has 0 amide bonds. The number of ether oxygens (including phenoxy) is 1. The van der Waals surface area contributed by atoms with Gasteiger partial charge < -0.3 is 9.84 Å². The summed E-state index contributed by atoms with van der Waals surface area (Å²) in [6, 6.07) is 21.5. The minimum Gasteiger partial charge on any atom is -0.497 e. The molecule has 0 saturated heterocycles. The number of carboxylic acids is 1. The lowest BCUT2D eigenvalue weighted by Gasteiger charge is -2.40. The molecule has 0 bridgehead atoms. The molecular formula is C26H27NO5S. The van der Waals surface area contributed by atoms with Gasteiger partial charge in [0.1, 0.15) is 12.3 Å². The predicted octanol–water partition coefficient (Wildman–Crippen LogP) is 4.23. The van der Waals surface area contributed by atoms with E-state index in [0.29, 0.717) is 18.6 Å². The third-order valence-corrected chi connectivity index (χ3v) is 8.11. The molecule has 0 aliphatic heterocycles. The van der Waals surface area contributed by atoms with E-state index in [4.69, 9.17) is 4.74 Å². The molecule has 1 aliphatic rings. The van der Waals surface area contributed by atoms with Crippen LogP contribution in [-0.2, 0) is 21.2 Å². The fraction of sp³-hybridized carbons (Fsp3) is 0.269. The quantitative estimate of drug-likeness (QED) is 0.565. The van der Waals surface area contributed by atoms with E-state index >= 15 is 0 Å². The summed E-state index contributed by atoms with van der Waals surface area (Å²) in [7, 11) is -2.46. The number of methoxy groups -OCH3 is 1. The first kappa shape index (κ1) is 23.0. The molecule has 2 atom stereocenters. The number of aliphatic carboxylic acids is 1. The summed E-state index contributed by atoms with van der Waals surface area (Å²) in [5.41, 5.74) is 3.95. The fourth-order valence-corrected chi connectivity index (χ4v) is 6.24. The Morgan fingerprint density at radius 1 is 1.06 bits per heavy atom. The zero-order chi connectivity index (χ0) is 23.6. The molecule has 0 saturated carbocycles. The topological polar surface area (TPSA) is 83.9 Å². The second kappa shape index (κ2) is 9.37. The largest absolute Gasteiger partial charge is 0.497 e. The van der Waals surface area contributed by atoms with Gasteiger partial charge in [0.15, 0.2) is 0 Å². The highest BCUT2D eigenvalue weighted by Crippen LogP contribution is 2.42. The molecule has 0 spiro atoms. The molecule has 0 aromatic heterocycles. The number of rotatable bonds is 7. The van der Waals surface area contributed by atoms with Gasteiger partial charge in [0, 0.05) is 12.0 Å². The normalized spacial score (nSPS) is 18.0. The molecule has 4 rings (SSSR count). The van der Waals surface area contributed by atoms with Gasteiger partial charge in [-0.25, -0.2) is 8.42 Å². The Balaban J connectivity index is 1.88. The van der Waals surface area contributed by atoms with E-state index in [2.05, 4.69) is 0 Å². The van der Waals surface area contributed by atoms with E-state index in [1.165, 1.54) is 16.4 Å². The first-order valence-electron chi connectivity index (χ1n) is 10.8. The van der Waals surface area contributed by atoms with Gasteiger partial charge in [0.05, 0.1) is 12.0 Å². The Hall–Kier alpha value is -3.16. The van der Waals surface area contributed by atoms with Crippen LogP contribution < -0.4 is 4.74 Å². The predicted molar refractivity (Wildman–Crippen MR) is 126 cm³/mol. The molecule has 3 aromatic rings. The van der Waals surface area contributed by atoms with Crippen molar-refractivity contribution in [2.45, 2.75) is 36.6 Å². The van der Waals surface area contributed by atoms with Crippen molar-refractivity contribution in [2.24, 2.45) is 0 Å². The van der Waals surface area contributed by atoms with Crippen LogP contribution in [0, 0.1) is 6.92 Å². The summed E-state index contributed by atoms with van der Waals surface area (Å²) in [6.07, 6.45) is 1.16. The van der Waals surface area contributed by atoms with Crippen molar-refractivity contribution in [3.63, 3.8) is 0 Å². The van der Waals surface area contributed by atoms with Gasteiger partial charge in [0.25, 0.3) is 0 Å². The third kappa shape index (κ3) is 4.65. The third-order valence-electron chi connectivity index (χ3n) is 6.23. The fourth-order valence-electron chi connectivity index (χ4n) is 4.63. The lowest BCUT2D eigenvalue weighted by molar-refractivity contribution is -0.137. The summed E-state index contributed by atoms with van der Waals surface area (Å²) in [5, 5.41) is 9.68. The van der Waals surface area contributed by atoms with E-state index in [1.54, 1.807) is 19.2 Å². The van der Waals surface area contributed by atoms with Gasteiger partial charge in [-0.15, -0.1) is 0 Å². The summed E-state index contributed by atoms with van der Waals surface area (Å²) in [6.45, 7) is 1.27. The van der Waals surface area contributed by atoms with Crippen molar-refractivity contribution in [1.29, 1.82) is 0 Å². The number of sulfonamides is 1. The number of benzene rings is 3. The van der Waals surface area contributed by atoms with Crippen LogP contribution in [0.15, 0.2) is 77.7 Å². The number of carbonyl (C=O) groups is 1. The van der Waals surface area contributed by atoms with E-state index in [-0.39, 0.29) is 10.8 Å². The highest BCUT2D eigenvalue weighted by molar-refractivity contribution is 7.89. The lowest BCUT2D eigenvalue weighted by Crippen LogP contribution is -2.48. The van der Waals surface area contributed by atoms with Crippen LogP contribution in [0.4, 0.5) is 0 Å². The van der Waals surface area contributed by atoms with Crippen molar-refractivity contribution in [3.05, 3.63) is 95.1 Å². The number of hydrogen-bond acceptors (Lipinski definition) is 4. The molecule has 0 heterocycles. The molecule has 3 aromatic carbocycles.